The molecule has 2 rings (SSSR count). The number of carbonyl (C=O) groups excluding carboxylic acids is 1. The number of rotatable bonds is 8. The van der Waals surface area contributed by atoms with E-state index in [-0.39, 0.29) is 23.4 Å². The average Bonchev–Trinajstić information content (AvgIpc) is 2.67. The molecule has 0 unspecified atom stereocenters. The van der Waals surface area contributed by atoms with Gasteiger partial charge < -0.3 is 5.32 Å². The maximum Gasteiger partial charge on any atom is 0.416 e. The van der Waals surface area contributed by atoms with E-state index in [9.17, 15) is 26.4 Å². The Morgan fingerprint density at radius 1 is 1.19 bits per heavy atom. The molecule has 0 atom stereocenters. The maximum atomic E-state index is 13.2. The van der Waals surface area contributed by atoms with Gasteiger partial charge in [-0.2, -0.15) is 17.5 Å². The largest absolute Gasteiger partial charge is 0.416 e. The second kappa shape index (κ2) is 10.3. The smallest absolute Gasteiger partial charge is 0.355 e. The SMILES string of the molecule is CC(C)CNC(=O)CN1CCC(N(C(C)C)S(=O)(=O)c2cccc(C(F)(F)F)c2)CC1. The van der Waals surface area contributed by atoms with E-state index >= 15 is 0 Å². The van der Waals surface area contributed by atoms with Gasteiger partial charge in [-0.25, -0.2) is 8.42 Å². The zero-order valence-corrected chi connectivity index (χ0v) is 19.3. The summed E-state index contributed by atoms with van der Waals surface area (Å²) in [6.07, 6.45) is -3.60. The van der Waals surface area contributed by atoms with Crippen molar-refractivity contribution in [3.63, 3.8) is 0 Å². The molecule has 1 fully saturated rings. The van der Waals surface area contributed by atoms with Gasteiger partial charge in [0, 0.05) is 31.7 Å². The molecule has 1 aromatic rings. The van der Waals surface area contributed by atoms with Crippen molar-refractivity contribution >= 4 is 15.9 Å². The Bertz CT molecular complexity index is 849. The molecule has 10 heteroatoms. The number of carbonyl (C=O) groups is 1. The van der Waals surface area contributed by atoms with Crippen LogP contribution in [0.4, 0.5) is 13.2 Å². The molecular formula is C21H32F3N3O3S. The predicted molar refractivity (Wildman–Crippen MR) is 113 cm³/mol. The highest BCUT2D eigenvalue weighted by Gasteiger charge is 2.37. The van der Waals surface area contributed by atoms with Gasteiger partial charge in [-0.3, -0.25) is 9.69 Å². The summed E-state index contributed by atoms with van der Waals surface area (Å²) in [5, 5.41) is 2.87. The number of hydrogen-bond donors (Lipinski definition) is 1. The van der Waals surface area contributed by atoms with Gasteiger partial charge >= 0.3 is 6.18 Å². The number of halogens is 3. The van der Waals surface area contributed by atoms with Gasteiger partial charge in [0.25, 0.3) is 0 Å². The lowest BCUT2D eigenvalue weighted by molar-refractivity contribution is -0.137. The molecular weight excluding hydrogens is 431 g/mol. The molecule has 1 N–H and O–H groups in total. The molecule has 0 spiro atoms. The molecule has 1 aliphatic rings. The van der Waals surface area contributed by atoms with Crippen LogP contribution in [-0.2, 0) is 21.0 Å². The van der Waals surface area contributed by atoms with E-state index < -0.39 is 27.8 Å². The first-order chi connectivity index (χ1) is 14.3. The first kappa shape index (κ1) is 25.6. The van der Waals surface area contributed by atoms with Crippen LogP contribution in [0.1, 0.15) is 46.1 Å². The van der Waals surface area contributed by atoms with E-state index in [0.29, 0.717) is 44.5 Å². The van der Waals surface area contributed by atoms with Crippen LogP contribution in [0.2, 0.25) is 0 Å². The van der Waals surface area contributed by atoms with Crippen LogP contribution < -0.4 is 5.32 Å². The molecule has 1 aromatic carbocycles. The molecule has 176 valence electrons. The summed E-state index contributed by atoms with van der Waals surface area (Å²) in [5.41, 5.74) is -0.987. The van der Waals surface area contributed by atoms with E-state index in [1.807, 2.05) is 18.7 Å². The molecule has 0 aliphatic carbocycles. The Labute approximate surface area is 182 Å². The summed E-state index contributed by atoms with van der Waals surface area (Å²) in [6.45, 7) is 9.40. The van der Waals surface area contributed by atoms with Crippen molar-refractivity contribution in [1.82, 2.24) is 14.5 Å². The molecule has 1 amide bonds. The van der Waals surface area contributed by atoms with Crippen LogP contribution in [-0.4, -0.2) is 61.8 Å². The zero-order valence-electron chi connectivity index (χ0n) is 18.4. The first-order valence-electron chi connectivity index (χ1n) is 10.5. The molecule has 1 heterocycles. The summed E-state index contributed by atoms with van der Waals surface area (Å²) in [6, 6.07) is 3.13. The minimum atomic E-state index is -4.62. The van der Waals surface area contributed by atoms with Gasteiger partial charge in [-0.05, 0) is 50.8 Å². The Hall–Kier alpha value is -1.65. The number of hydrogen-bond acceptors (Lipinski definition) is 4. The van der Waals surface area contributed by atoms with Gasteiger partial charge in [0.05, 0.1) is 17.0 Å². The van der Waals surface area contributed by atoms with Crippen LogP contribution in [0.25, 0.3) is 0 Å². The molecule has 0 aromatic heterocycles. The van der Waals surface area contributed by atoms with E-state index in [2.05, 4.69) is 5.32 Å². The standard InChI is InChI=1S/C21H32F3N3O3S/c1-15(2)13-25-20(28)14-26-10-8-18(9-11-26)27(16(3)4)31(29,30)19-7-5-6-17(12-19)21(22,23)24/h5-7,12,15-16,18H,8-11,13-14H2,1-4H3,(H,25,28). The van der Waals surface area contributed by atoms with Gasteiger partial charge in [-0.15, -0.1) is 0 Å². The average molecular weight is 464 g/mol. The van der Waals surface area contributed by atoms with Gasteiger partial charge in [0.1, 0.15) is 0 Å². The monoisotopic (exact) mass is 463 g/mol. The molecule has 0 bridgehead atoms. The van der Waals surface area contributed by atoms with Gasteiger partial charge in [-0.1, -0.05) is 19.9 Å². The number of amides is 1. The lowest BCUT2D eigenvalue weighted by Gasteiger charge is -2.39. The maximum absolute atomic E-state index is 13.2. The van der Waals surface area contributed by atoms with Crippen LogP contribution in [0, 0.1) is 5.92 Å². The van der Waals surface area contributed by atoms with E-state index in [1.54, 1.807) is 13.8 Å². The van der Waals surface area contributed by atoms with Crippen molar-refractivity contribution in [2.45, 2.75) is 63.7 Å². The Balaban J connectivity index is 2.11. The quantitative estimate of drug-likeness (QED) is 0.642. The molecule has 1 aliphatic heterocycles. The van der Waals surface area contributed by atoms with E-state index in [0.717, 1.165) is 12.1 Å². The third-order valence-corrected chi connectivity index (χ3v) is 7.36. The number of sulfonamides is 1. The molecule has 31 heavy (non-hydrogen) atoms. The van der Waals surface area contributed by atoms with E-state index in [4.69, 9.17) is 0 Å². The Morgan fingerprint density at radius 2 is 1.81 bits per heavy atom. The summed E-state index contributed by atoms with van der Waals surface area (Å²) >= 11 is 0. The highest BCUT2D eigenvalue weighted by molar-refractivity contribution is 7.89. The van der Waals surface area contributed by atoms with Crippen LogP contribution in [0.15, 0.2) is 29.2 Å². The lowest BCUT2D eigenvalue weighted by Crippen LogP contribution is -2.51. The summed E-state index contributed by atoms with van der Waals surface area (Å²) in [5.74, 6) is 0.291. The van der Waals surface area contributed by atoms with Crippen LogP contribution in [0.5, 0.6) is 0 Å². The summed E-state index contributed by atoms with van der Waals surface area (Å²) in [7, 11) is -4.11. The third-order valence-electron chi connectivity index (χ3n) is 5.24. The molecule has 0 radical (unpaired) electrons. The normalized spacial score (nSPS) is 17.0. The van der Waals surface area contributed by atoms with Crippen molar-refractivity contribution in [2.75, 3.05) is 26.2 Å². The fraction of sp³-hybridized carbons (Fsp3) is 0.667. The van der Waals surface area contributed by atoms with Gasteiger partial charge in [0.2, 0.25) is 15.9 Å². The highest BCUT2D eigenvalue weighted by Crippen LogP contribution is 2.32. The number of benzene rings is 1. The van der Waals surface area contributed by atoms with Crippen molar-refractivity contribution in [3.05, 3.63) is 29.8 Å². The number of piperidine rings is 1. The van der Waals surface area contributed by atoms with Crippen LogP contribution >= 0.6 is 0 Å². The van der Waals surface area contributed by atoms with Crippen molar-refractivity contribution < 1.29 is 26.4 Å². The fourth-order valence-corrected chi connectivity index (χ4v) is 5.69. The molecule has 1 saturated heterocycles. The second-order valence-electron chi connectivity index (χ2n) is 8.66. The summed E-state index contributed by atoms with van der Waals surface area (Å²) < 4.78 is 67.0. The number of alkyl halides is 3. The van der Waals surface area contributed by atoms with E-state index in [1.165, 1.54) is 10.4 Å². The van der Waals surface area contributed by atoms with Gasteiger partial charge in [0.15, 0.2) is 0 Å². The van der Waals surface area contributed by atoms with Crippen LogP contribution in [0.3, 0.4) is 0 Å². The van der Waals surface area contributed by atoms with Crippen molar-refractivity contribution in [1.29, 1.82) is 0 Å². The second-order valence-corrected chi connectivity index (χ2v) is 10.5. The Morgan fingerprint density at radius 3 is 2.32 bits per heavy atom. The van der Waals surface area contributed by atoms with Crippen molar-refractivity contribution in [2.24, 2.45) is 5.92 Å². The minimum absolute atomic E-state index is 0.0653. The first-order valence-corrected chi connectivity index (χ1v) is 12.0. The fourth-order valence-electron chi connectivity index (χ4n) is 3.76. The third kappa shape index (κ3) is 6.92. The predicted octanol–water partition coefficient (Wildman–Crippen LogP) is 3.34. The highest BCUT2D eigenvalue weighted by atomic mass is 32.2. The topological polar surface area (TPSA) is 69.7 Å². The lowest BCUT2D eigenvalue weighted by atomic mass is 10.0. The van der Waals surface area contributed by atoms with Crippen molar-refractivity contribution in [3.8, 4) is 0 Å². The number of nitrogens with one attached hydrogen (secondary N) is 1. The number of nitrogens with zero attached hydrogens (tertiary/aromatic N) is 2. The molecule has 0 saturated carbocycles. The zero-order chi connectivity index (χ0) is 23.4. The Kier molecular flexibility index (Phi) is 8.52. The minimum Gasteiger partial charge on any atom is -0.355 e. The number of likely N-dealkylation sites (tertiary alicyclic amines) is 1. The molecule has 6 nitrogen and oxygen atoms in total. The summed E-state index contributed by atoms with van der Waals surface area (Å²) in [4.78, 5) is 13.7.